The van der Waals surface area contributed by atoms with E-state index in [4.69, 9.17) is 5.73 Å². The molecular weight excluding hydrogens is 200 g/mol. The Morgan fingerprint density at radius 1 is 1.53 bits per heavy atom. The van der Waals surface area contributed by atoms with E-state index in [9.17, 15) is 20.3 Å². The van der Waals surface area contributed by atoms with Gasteiger partial charge in [-0.3, -0.25) is 10.1 Å². The molecule has 0 saturated carbocycles. The molecule has 1 rings (SSSR count). The van der Waals surface area contributed by atoms with Crippen LogP contribution in [0.25, 0.3) is 0 Å². The lowest BCUT2D eigenvalue weighted by molar-refractivity contribution is -0.385. The number of hydrogen-bond donors (Lipinski definition) is 3. The first-order valence-electron chi connectivity index (χ1n) is 4.41. The maximum absolute atomic E-state index is 10.4. The molecule has 0 amide bonds. The molecule has 0 aromatic heterocycles. The Bertz CT molecular complexity index is 367. The Labute approximate surface area is 86.1 Å². The second kappa shape index (κ2) is 4.72. The minimum absolute atomic E-state index is 0.304. The molecule has 4 N–H and O–H groups in total. The highest BCUT2D eigenvalue weighted by molar-refractivity contribution is 5.47. The van der Waals surface area contributed by atoms with Crippen LogP contribution in [-0.2, 0) is 0 Å². The number of aromatic hydroxyl groups is 1. The number of aliphatic hydroxyl groups excluding tert-OH is 1. The van der Waals surface area contributed by atoms with Gasteiger partial charge in [-0.1, -0.05) is 0 Å². The van der Waals surface area contributed by atoms with Crippen molar-refractivity contribution in [3.05, 3.63) is 33.9 Å². The third-order valence-corrected chi connectivity index (χ3v) is 2.02. The van der Waals surface area contributed by atoms with Crippen molar-refractivity contribution in [3.8, 4) is 5.75 Å². The SMILES string of the molecule is NCCC(O)c1ccc([N+](=O)[O-])c(O)c1. The van der Waals surface area contributed by atoms with E-state index in [1.807, 2.05) is 0 Å². The van der Waals surface area contributed by atoms with Crippen molar-refractivity contribution < 1.29 is 15.1 Å². The fourth-order valence-corrected chi connectivity index (χ4v) is 1.23. The van der Waals surface area contributed by atoms with Gasteiger partial charge in [0, 0.05) is 6.07 Å². The highest BCUT2D eigenvalue weighted by Crippen LogP contribution is 2.29. The van der Waals surface area contributed by atoms with E-state index in [0.717, 1.165) is 6.07 Å². The van der Waals surface area contributed by atoms with Crippen LogP contribution in [0.4, 0.5) is 5.69 Å². The number of nitro groups is 1. The zero-order valence-electron chi connectivity index (χ0n) is 7.96. The average Bonchev–Trinajstić information content (AvgIpc) is 2.17. The number of phenolic OH excluding ortho intramolecular Hbond substituents is 1. The summed E-state index contributed by atoms with van der Waals surface area (Å²) >= 11 is 0. The minimum Gasteiger partial charge on any atom is -0.502 e. The van der Waals surface area contributed by atoms with E-state index in [1.165, 1.54) is 12.1 Å². The predicted octanol–water partition coefficient (Wildman–Crippen LogP) is 0.683. The number of phenols is 1. The van der Waals surface area contributed by atoms with Crippen molar-refractivity contribution in [2.45, 2.75) is 12.5 Å². The third kappa shape index (κ3) is 2.64. The summed E-state index contributed by atoms with van der Waals surface area (Å²) < 4.78 is 0. The van der Waals surface area contributed by atoms with E-state index in [0.29, 0.717) is 18.5 Å². The molecule has 0 aliphatic rings. The summed E-state index contributed by atoms with van der Waals surface area (Å²) in [5.74, 6) is -0.450. The van der Waals surface area contributed by atoms with Crippen molar-refractivity contribution in [1.82, 2.24) is 0 Å². The van der Waals surface area contributed by atoms with Gasteiger partial charge in [-0.15, -0.1) is 0 Å². The fraction of sp³-hybridized carbons (Fsp3) is 0.333. The highest BCUT2D eigenvalue weighted by atomic mass is 16.6. The summed E-state index contributed by atoms with van der Waals surface area (Å²) in [6.07, 6.45) is -0.459. The first-order valence-corrected chi connectivity index (χ1v) is 4.41. The topological polar surface area (TPSA) is 110 Å². The monoisotopic (exact) mass is 212 g/mol. The van der Waals surface area contributed by atoms with E-state index in [-0.39, 0.29) is 5.69 Å². The van der Waals surface area contributed by atoms with Gasteiger partial charge in [-0.2, -0.15) is 0 Å². The molecule has 0 radical (unpaired) electrons. The summed E-state index contributed by atoms with van der Waals surface area (Å²) in [7, 11) is 0. The lowest BCUT2D eigenvalue weighted by atomic mass is 10.1. The van der Waals surface area contributed by atoms with E-state index in [1.54, 1.807) is 0 Å². The maximum atomic E-state index is 10.4. The fourth-order valence-electron chi connectivity index (χ4n) is 1.23. The molecule has 6 nitrogen and oxygen atoms in total. The predicted molar refractivity (Wildman–Crippen MR) is 53.4 cm³/mol. The Kier molecular flexibility index (Phi) is 3.59. The van der Waals surface area contributed by atoms with Crippen LogP contribution in [0.15, 0.2) is 18.2 Å². The molecule has 0 aliphatic carbocycles. The number of nitrogens with zero attached hydrogens (tertiary/aromatic N) is 1. The normalized spacial score (nSPS) is 12.4. The molecule has 1 unspecified atom stereocenters. The van der Waals surface area contributed by atoms with Crippen molar-refractivity contribution in [1.29, 1.82) is 0 Å². The standard InChI is InChI=1S/C9H12N2O4/c10-4-3-8(12)6-1-2-7(11(14)15)9(13)5-6/h1-2,5,8,12-13H,3-4,10H2. The lowest BCUT2D eigenvalue weighted by Crippen LogP contribution is -2.06. The zero-order chi connectivity index (χ0) is 11.4. The average molecular weight is 212 g/mol. The molecule has 6 heteroatoms. The van der Waals surface area contributed by atoms with E-state index < -0.39 is 16.8 Å². The first-order chi connectivity index (χ1) is 7.06. The van der Waals surface area contributed by atoms with Gasteiger partial charge in [0.15, 0.2) is 5.75 Å². The van der Waals surface area contributed by atoms with Gasteiger partial charge in [-0.05, 0) is 30.7 Å². The van der Waals surface area contributed by atoms with Crippen molar-refractivity contribution in [2.75, 3.05) is 6.54 Å². The number of aliphatic hydroxyl groups is 1. The second-order valence-electron chi connectivity index (χ2n) is 3.10. The Morgan fingerprint density at radius 2 is 2.20 bits per heavy atom. The van der Waals surface area contributed by atoms with Crippen molar-refractivity contribution >= 4 is 5.69 Å². The molecule has 82 valence electrons. The Balaban J connectivity index is 2.96. The number of rotatable bonds is 4. The van der Waals surface area contributed by atoms with Crippen LogP contribution < -0.4 is 5.73 Å². The lowest BCUT2D eigenvalue weighted by Gasteiger charge is -2.09. The summed E-state index contributed by atoms with van der Waals surface area (Å²) in [5, 5.41) is 29.2. The van der Waals surface area contributed by atoms with Gasteiger partial charge in [0.25, 0.3) is 0 Å². The van der Waals surface area contributed by atoms with Crippen LogP contribution in [0.5, 0.6) is 5.75 Å². The van der Waals surface area contributed by atoms with Gasteiger partial charge in [0.2, 0.25) is 0 Å². The molecule has 0 bridgehead atoms. The molecule has 1 atom stereocenters. The largest absolute Gasteiger partial charge is 0.502 e. The Morgan fingerprint density at radius 3 is 2.67 bits per heavy atom. The summed E-state index contributed by atoms with van der Waals surface area (Å²) in [4.78, 5) is 9.71. The molecule has 1 aromatic carbocycles. The van der Waals surface area contributed by atoms with Crippen LogP contribution in [0.1, 0.15) is 18.1 Å². The van der Waals surface area contributed by atoms with Crippen molar-refractivity contribution in [2.24, 2.45) is 5.73 Å². The summed E-state index contributed by atoms with van der Waals surface area (Å²) in [5.41, 5.74) is 5.30. The van der Waals surface area contributed by atoms with Crippen LogP contribution in [0, 0.1) is 10.1 Å². The smallest absolute Gasteiger partial charge is 0.310 e. The van der Waals surface area contributed by atoms with Crippen LogP contribution in [0.3, 0.4) is 0 Å². The number of benzene rings is 1. The number of hydrogen-bond acceptors (Lipinski definition) is 5. The summed E-state index contributed by atoms with van der Waals surface area (Å²) in [6, 6.07) is 3.74. The highest BCUT2D eigenvalue weighted by Gasteiger charge is 2.15. The number of nitro benzene ring substituents is 1. The van der Waals surface area contributed by atoms with Gasteiger partial charge in [-0.25, -0.2) is 0 Å². The Hall–Kier alpha value is -1.66. The molecule has 0 fully saturated rings. The minimum atomic E-state index is -0.804. The zero-order valence-corrected chi connectivity index (χ0v) is 7.96. The third-order valence-electron chi connectivity index (χ3n) is 2.02. The van der Waals surface area contributed by atoms with Gasteiger partial charge < -0.3 is 15.9 Å². The molecule has 0 saturated heterocycles. The molecule has 15 heavy (non-hydrogen) atoms. The molecule has 1 aromatic rings. The van der Waals surface area contributed by atoms with E-state index in [2.05, 4.69) is 0 Å². The van der Waals surface area contributed by atoms with Gasteiger partial charge >= 0.3 is 5.69 Å². The van der Waals surface area contributed by atoms with Crippen LogP contribution in [0.2, 0.25) is 0 Å². The molecule has 0 aliphatic heterocycles. The number of nitrogens with two attached hydrogens (primary N) is 1. The molecule has 0 spiro atoms. The second-order valence-corrected chi connectivity index (χ2v) is 3.10. The van der Waals surface area contributed by atoms with E-state index >= 15 is 0 Å². The van der Waals surface area contributed by atoms with Crippen LogP contribution >= 0.6 is 0 Å². The summed E-state index contributed by atoms with van der Waals surface area (Å²) in [6.45, 7) is 0.304. The quantitative estimate of drug-likeness (QED) is 0.502. The molecule has 0 heterocycles. The maximum Gasteiger partial charge on any atom is 0.310 e. The van der Waals surface area contributed by atoms with Gasteiger partial charge in [0.1, 0.15) is 0 Å². The van der Waals surface area contributed by atoms with Gasteiger partial charge in [0.05, 0.1) is 11.0 Å². The van der Waals surface area contributed by atoms with Crippen molar-refractivity contribution in [3.63, 3.8) is 0 Å². The molecular formula is C9H12N2O4. The first kappa shape index (κ1) is 11.4. The van der Waals surface area contributed by atoms with Crippen LogP contribution in [-0.4, -0.2) is 21.7 Å².